The van der Waals surface area contributed by atoms with Crippen LogP contribution in [0.3, 0.4) is 0 Å². The number of allylic oxidation sites excluding steroid dienone is 10. The third kappa shape index (κ3) is 33.6. The second-order valence-electron chi connectivity index (χ2n) is 25.4. The Balaban J connectivity index is 1.46. The molecule has 25 nitrogen and oxygen atoms in total. The number of hydrogen-bond donors (Lipinski definition) is 0. The van der Waals surface area contributed by atoms with E-state index in [1.807, 2.05) is 0 Å². The molecule has 110 heavy (non-hydrogen) atoms. The Bertz CT molecular complexity index is 3740. The zero-order chi connectivity index (χ0) is 80.0. The third-order valence-electron chi connectivity index (χ3n) is 17.6. The van der Waals surface area contributed by atoms with E-state index in [9.17, 15) is 47.9 Å². The summed E-state index contributed by atoms with van der Waals surface area (Å²) in [6.07, 6.45) is 11.1. The molecule has 0 heterocycles. The number of carbonyl (C=O) groups is 10. The summed E-state index contributed by atoms with van der Waals surface area (Å²) < 4.78 is 27.3. The van der Waals surface area contributed by atoms with E-state index in [0.717, 1.165) is 90.1 Å². The molecule has 0 saturated carbocycles. The molecule has 5 aromatic carbocycles. The average molecular weight is 1600 g/mol. The second kappa shape index (κ2) is 51.1. The maximum absolute atomic E-state index is 13.6. The minimum absolute atomic E-state index is 0.0193. The lowest BCUT2D eigenvalue weighted by molar-refractivity contribution is -0.210. The summed E-state index contributed by atoms with van der Waals surface area (Å²) >= 11 is 0. The Morgan fingerprint density at radius 1 is 0.264 bits per heavy atom. The van der Waals surface area contributed by atoms with Crippen molar-refractivity contribution in [1.82, 2.24) is 0 Å². The molecule has 0 amide bonds. The average Bonchev–Trinajstić information content (AvgIpc) is 0.833. The fourth-order valence-electron chi connectivity index (χ4n) is 11.6. The molecule has 0 aliphatic rings. The molecule has 0 N–H and O–H groups in total. The van der Waals surface area contributed by atoms with Crippen molar-refractivity contribution in [3.05, 3.63) is 206 Å². The van der Waals surface area contributed by atoms with Crippen LogP contribution in [0, 0.1) is 17.8 Å². The van der Waals surface area contributed by atoms with Gasteiger partial charge in [-0.15, -0.1) is 0 Å². The standard InChI is InChI=1S/C80H102O25Si5/c1-11-21-60(16-6)106-65-36-26-53(27-37-65)71(81)96-101-76(86)91-48-46-58(50-93-78(88)103-98-73(83)55-30-40-67(41-31-55)108-62(18-8)23-13-3)70(52-95-80(90)105-100-75(85)57-34-44-69(45-35-57)110-64(20-10)25-15-5)59(51-94-79(89)104-99-74(84)56-32-42-68(43-33-56)109-63(19-9)24-14-4)47-49-92-77(87)102-97-72(82)54-28-38-66(39-29-54)107-61(17-7)22-12-2/h21-45,58-59,70H,11-20,46-52,106-110H2,1-10H3. The molecule has 0 aromatic heterocycles. The molecule has 0 aliphatic heterocycles. The van der Waals surface area contributed by atoms with Crippen LogP contribution >= 0.6 is 0 Å². The van der Waals surface area contributed by atoms with Crippen LogP contribution in [-0.4, -0.2) is 141 Å². The Morgan fingerprint density at radius 2 is 0.455 bits per heavy atom. The largest absolute Gasteiger partial charge is 0.549 e. The predicted octanol–water partition coefficient (Wildman–Crippen LogP) is 10.7. The lowest BCUT2D eigenvalue weighted by Gasteiger charge is -2.32. The fraction of sp³-hybridized carbons (Fsp3) is 0.375. The van der Waals surface area contributed by atoms with E-state index < -0.39 is 172 Å². The topological polar surface area (TPSA) is 309 Å². The molecule has 5 aromatic rings. The van der Waals surface area contributed by atoms with Crippen molar-refractivity contribution in [2.45, 2.75) is 146 Å². The molecule has 30 heteroatoms. The SMILES string of the molecule is CCC=C(CC)[SiH2]c1ccc(C(=O)OOC(=O)OCCC(COC(=O)OOC(=O)c2ccc([SiH2]C(=CCC)CC)cc2)C(COC(=O)OOC(=O)c2ccc([SiH2]C(=CCC)CC)cc2)C(CCOC(=O)OOC(=O)c2ccc([SiH2]C(=CCC)CC)cc2)COC(=O)OOC(=O)c2ccc([SiH2]C(=CCC)CC)cc2)cc1. The van der Waals surface area contributed by atoms with Crippen molar-refractivity contribution in [3.8, 4) is 0 Å². The quantitative estimate of drug-likeness (QED) is 0.0116. The molecule has 0 bridgehead atoms. The van der Waals surface area contributed by atoms with Gasteiger partial charge >= 0.3 is 60.6 Å². The maximum atomic E-state index is 13.6. The summed E-state index contributed by atoms with van der Waals surface area (Å²) in [6.45, 7) is 16.8. The lowest BCUT2D eigenvalue weighted by atomic mass is 9.79. The summed E-state index contributed by atoms with van der Waals surface area (Å²) in [5.41, 5.74) is 0.188. The highest BCUT2D eigenvalue weighted by Crippen LogP contribution is 2.30. The summed E-state index contributed by atoms with van der Waals surface area (Å²) in [5, 5.41) is 11.9. The van der Waals surface area contributed by atoms with Gasteiger partial charge in [-0.25, -0.2) is 72.8 Å². The van der Waals surface area contributed by atoms with Gasteiger partial charge in [0.2, 0.25) is 0 Å². The molecule has 592 valence electrons. The first-order valence-electron chi connectivity index (χ1n) is 37.3. The number of hydrogen-bond acceptors (Lipinski definition) is 25. The van der Waals surface area contributed by atoms with Crippen LogP contribution in [0.1, 0.15) is 198 Å². The molecule has 0 saturated heterocycles. The van der Waals surface area contributed by atoms with E-state index in [1.165, 1.54) is 86.6 Å². The first kappa shape index (κ1) is 90.2. The summed E-state index contributed by atoms with van der Waals surface area (Å²) in [5.74, 6) is -9.34. The van der Waals surface area contributed by atoms with Gasteiger partial charge in [0.1, 0.15) is 0 Å². The summed E-state index contributed by atoms with van der Waals surface area (Å²) in [7, 11) is -4.06. The second-order valence-corrected chi connectivity index (χ2v) is 35.8. The number of benzene rings is 5. The number of carbonyl (C=O) groups excluding carboxylic acids is 10. The molecular weight excluding hydrogens is 1500 g/mol. The van der Waals surface area contributed by atoms with Gasteiger partial charge in [-0.2, -0.15) is 24.0 Å². The minimum atomic E-state index is -1.62. The maximum Gasteiger partial charge on any atom is 0.549 e. The van der Waals surface area contributed by atoms with Crippen LogP contribution in [0.25, 0.3) is 0 Å². The van der Waals surface area contributed by atoms with Gasteiger partial charge in [-0.05, 0) is 138 Å². The van der Waals surface area contributed by atoms with Crippen LogP contribution in [0.4, 0.5) is 24.0 Å². The van der Waals surface area contributed by atoms with Gasteiger partial charge in [-0.3, -0.25) is 0 Å². The van der Waals surface area contributed by atoms with Gasteiger partial charge < -0.3 is 23.7 Å². The van der Waals surface area contributed by atoms with Crippen LogP contribution in [0.2, 0.25) is 0 Å². The van der Waals surface area contributed by atoms with Gasteiger partial charge in [0, 0.05) is 17.8 Å². The highest BCUT2D eigenvalue weighted by molar-refractivity contribution is 6.62. The molecule has 0 fully saturated rings. The number of ether oxygens (including phenoxy) is 5. The Morgan fingerprint density at radius 3 is 0.645 bits per heavy atom. The van der Waals surface area contributed by atoms with E-state index in [1.54, 1.807) is 60.7 Å². The van der Waals surface area contributed by atoms with E-state index >= 15 is 0 Å². The highest BCUT2D eigenvalue weighted by atomic mass is 28.2. The Hall–Kier alpha value is -10.4. The van der Waals surface area contributed by atoms with E-state index in [0.29, 0.717) is 0 Å². The van der Waals surface area contributed by atoms with Gasteiger partial charge in [0.15, 0.2) is 0 Å². The Kier molecular flexibility index (Phi) is 41.9. The van der Waals surface area contributed by atoms with Crippen LogP contribution < -0.4 is 25.9 Å². The molecule has 2 atom stereocenters. The first-order chi connectivity index (χ1) is 53.2. The predicted molar refractivity (Wildman–Crippen MR) is 425 cm³/mol. The van der Waals surface area contributed by atoms with Crippen LogP contribution in [0.5, 0.6) is 0 Å². The zero-order valence-electron chi connectivity index (χ0n) is 64.4. The summed E-state index contributed by atoms with van der Waals surface area (Å²) in [6, 6.07) is 33.0. The molecule has 0 spiro atoms. The molecule has 0 radical (unpaired) electrons. The fourth-order valence-corrected chi connectivity index (χ4v) is 20.0. The van der Waals surface area contributed by atoms with Crippen molar-refractivity contribution in [1.29, 1.82) is 0 Å². The van der Waals surface area contributed by atoms with Crippen LogP contribution in [-0.2, 0) is 72.6 Å². The Labute approximate surface area is 653 Å². The lowest BCUT2D eigenvalue weighted by Crippen LogP contribution is -2.37. The first-order valence-corrected chi connectivity index (χ1v) is 44.4. The van der Waals surface area contributed by atoms with Gasteiger partial charge in [-0.1, -0.05) is 212 Å². The van der Waals surface area contributed by atoms with Crippen molar-refractivity contribution < 1.29 is 121 Å². The number of rotatable bonds is 39. The molecule has 2 unspecified atom stereocenters. The smallest absolute Gasteiger partial charge is 0.432 e. The van der Waals surface area contributed by atoms with E-state index in [4.69, 9.17) is 72.6 Å². The van der Waals surface area contributed by atoms with Crippen molar-refractivity contribution in [2.24, 2.45) is 17.8 Å². The summed E-state index contributed by atoms with van der Waals surface area (Å²) in [4.78, 5) is 182. The molecular formula is C80H102O25Si5. The highest BCUT2D eigenvalue weighted by Gasteiger charge is 2.36. The normalized spacial score (nSPS) is 13.1. The van der Waals surface area contributed by atoms with E-state index in [2.05, 4.69) is 99.6 Å². The molecule has 0 aliphatic carbocycles. The van der Waals surface area contributed by atoms with Crippen molar-refractivity contribution >= 4 is 134 Å². The minimum Gasteiger partial charge on any atom is -0.432 e. The van der Waals surface area contributed by atoms with Crippen LogP contribution in [0.15, 0.2) is 178 Å². The third-order valence-corrected chi connectivity index (χ3v) is 28.2. The van der Waals surface area contributed by atoms with Crippen molar-refractivity contribution in [3.63, 3.8) is 0 Å². The zero-order valence-corrected chi connectivity index (χ0v) is 71.5. The van der Waals surface area contributed by atoms with E-state index in [-0.39, 0.29) is 27.8 Å². The monoisotopic (exact) mass is 1600 g/mol. The van der Waals surface area contributed by atoms with Crippen molar-refractivity contribution in [2.75, 3.05) is 33.0 Å². The molecule has 5 rings (SSSR count). The van der Waals surface area contributed by atoms with Gasteiger partial charge in [0.25, 0.3) is 0 Å². The van der Waals surface area contributed by atoms with Gasteiger partial charge in [0.05, 0.1) is 108 Å².